The van der Waals surface area contributed by atoms with E-state index in [0.29, 0.717) is 5.69 Å². The van der Waals surface area contributed by atoms with Crippen molar-refractivity contribution in [2.75, 3.05) is 16.8 Å². The van der Waals surface area contributed by atoms with Crippen molar-refractivity contribution < 1.29 is 8.42 Å². The fraction of sp³-hybridized carbons (Fsp3) is 0.214. The number of rotatable bonds is 4. The monoisotopic (exact) mass is 306 g/mol. The van der Waals surface area contributed by atoms with Crippen molar-refractivity contribution in [1.29, 1.82) is 0 Å². The van der Waals surface area contributed by atoms with Gasteiger partial charge in [0.05, 0.1) is 5.69 Å². The van der Waals surface area contributed by atoms with Crippen LogP contribution in [0.25, 0.3) is 0 Å². The van der Waals surface area contributed by atoms with Gasteiger partial charge in [0.1, 0.15) is 4.90 Å². The Hall–Kier alpha value is -2.12. The van der Waals surface area contributed by atoms with Gasteiger partial charge >= 0.3 is 0 Å². The van der Waals surface area contributed by atoms with Crippen molar-refractivity contribution in [1.82, 2.24) is 4.98 Å². The van der Waals surface area contributed by atoms with E-state index in [1.807, 2.05) is 32.0 Å². The maximum atomic E-state index is 12.7. The van der Waals surface area contributed by atoms with Gasteiger partial charge in [0.2, 0.25) is 0 Å². The van der Waals surface area contributed by atoms with Crippen LogP contribution in [0.3, 0.4) is 0 Å². The molecular formula is C14H18N4O2S. The van der Waals surface area contributed by atoms with E-state index in [0.717, 1.165) is 11.1 Å². The van der Waals surface area contributed by atoms with Crippen LogP contribution in [0, 0.1) is 13.8 Å². The van der Waals surface area contributed by atoms with Crippen LogP contribution in [0.5, 0.6) is 0 Å². The van der Waals surface area contributed by atoms with Crippen LogP contribution in [-0.2, 0) is 10.0 Å². The molecule has 0 atom stereocenters. The predicted octanol–water partition coefficient (Wildman–Crippen LogP) is 1.81. The van der Waals surface area contributed by atoms with Gasteiger partial charge in [-0.05, 0) is 49.2 Å². The number of nitrogen functional groups attached to an aromatic ring is 1. The number of hydrazine groups is 1. The summed E-state index contributed by atoms with van der Waals surface area (Å²) >= 11 is 0. The number of aryl methyl sites for hydroxylation is 2. The van der Waals surface area contributed by atoms with Crippen molar-refractivity contribution in [2.24, 2.45) is 5.84 Å². The zero-order chi connectivity index (χ0) is 15.6. The molecule has 0 bridgehead atoms. The highest BCUT2D eigenvalue weighted by Crippen LogP contribution is 2.26. The smallest absolute Gasteiger partial charge is 0.267 e. The summed E-state index contributed by atoms with van der Waals surface area (Å²) in [6, 6.07) is 8.65. The standard InChI is InChI=1S/C14H18N4O2S/c1-10-7-11(2)9-12(8-10)18(3)21(19,20)13-5-4-6-16-14(13)17-15/h4-9H,15H2,1-3H3,(H,16,17). The summed E-state index contributed by atoms with van der Waals surface area (Å²) in [6.45, 7) is 3.85. The Morgan fingerprint density at radius 1 is 1.19 bits per heavy atom. The number of sulfonamides is 1. The predicted molar refractivity (Wildman–Crippen MR) is 83.6 cm³/mol. The third kappa shape index (κ3) is 2.98. The number of pyridine rings is 1. The molecule has 7 heteroatoms. The van der Waals surface area contributed by atoms with Gasteiger partial charge in [-0.3, -0.25) is 4.31 Å². The van der Waals surface area contributed by atoms with Crippen LogP contribution in [0.15, 0.2) is 41.4 Å². The molecule has 3 N–H and O–H groups in total. The Bertz CT molecular complexity index is 739. The lowest BCUT2D eigenvalue weighted by Crippen LogP contribution is -2.28. The number of benzene rings is 1. The maximum absolute atomic E-state index is 12.7. The Labute approximate surface area is 124 Å². The number of hydrogen-bond acceptors (Lipinski definition) is 5. The van der Waals surface area contributed by atoms with Gasteiger partial charge in [-0.25, -0.2) is 19.2 Å². The van der Waals surface area contributed by atoms with Crippen LogP contribution in [0.4, 0.5) is 11.5 Å². The number of nitrogens with zero attached hydrogens (tertiary/aromatic N) is 2. The maximum Gasteiger partial charge on any atom is 0.267 e. The average Bonchev–Trinajstić information content (AvgIpc) is 2.45. The first-order valence-electron chi connectivity index (χ1n) is 6.35. The first-order chi connectivity index (χ1) is 9.86. The summed E-state index contributed by atoms with van der Waals surface area (Å²) in [5.74, 6) is 5.46. The molecule has 6 nitrogen and oxygen atoms in total. The quantitative estimate of drug-likeness (QED) is 0.664. The molecule has 21 heavy (non-hydrogen) atoms. The van der Waals surface area contributed by atoms with Crippen molar-refractivity contribution in [2.45, 2.75) is 18.7 Å². The highest BCUT2D eigenvalue weighted by atomic mass is 32.2. The van der Waals surface area contributed by atoms with Crippen molar-refractivity contribution in [3.63, 3.8) is 0 Å². The van der Waals surface area contributed by atoms with Gasteiger partial charge in [0, 0.05) is 13.2 Å². The third-order valence-electron chi connectivity index (χ3n) is 3.12. The lowest BCUT2D eigenvalue weighted by Gasteiger charge is -2.21. The molecule has 0 saturated heterocycles. The van der Waals surface area contributed by atoms with E-state index in [2.05, 4.69) is 10.4 Å². The number of anilines is 2. The lowest BCUT2D eigenvalue weighted by atomic mass is 10.1. The number of nitrogens with two attached hydrogens (primary N) is 1. The molecule has 0 unspecified atom stereocenters. The summed E-state index contributed by atoms with van der Waals surface area (Å²) < 4.78 is 26.7. The van der Waals surface area contributed by atoms with Gasteiger partial charge < -0.3 is 5.43 Å². The molecule has 0 radical (unpaired) electrons. The molecular weight excluding hydrogens is 288 g/mol. The lowest BCUT2D eigenvalue weighted by molar-refractivity contribution is 0.594. The molecule has 112 valence electrons. The molecule has 0 fully saturated rings. The van der Waals surface area contributed by atoms with Crippen molar-refractivity contribution in [3.05, 3.63) is 47.7 Å². The third-order valence-corrected chi connectivity index (χ3v) is 4.93. The summed E-state index contributed by atoms with van der Waals surface area (Å²) in [4.78, 5) is 3.97. The number of nitrogens with one attached hydrogen (secondary N) is 1. The zero-order valence-electron chi connectivity index (χ0n) is 12.2. The summed E-state index contributed by atoms with van der Waals surface area (Å²) in [7, 11) is -2.23. The molecule has 2 rings (SSSR count). The molecule has 0 aliphatic heterocycles. The molecule has 0 saturated carbocycles. The van der Waals surface area contributed by atoms with E-state index in [1.54, 1.807) is 6.07 Å². The average molecular weight is 306 g/mol. The van der Waals surface area contributed by atoms with Crippen molar-refractivity contribution >= 4 is 21.5 Å². The van der Waals surface area contributed by atoms with E-state index in [-0.39, 0.29) is 10.7 Å². The summed E-state index contributed by atoms with van der Waals surface area (Å²) in [5.41, 5.74) is 4.90. The Morgan fingerprint density at radius 2 is 1.81 bits per heavy atom. The molecule has 0 spiro atoms. The Morgan fingerprint density at radius 3 is 2.38 bits per heavy atom. The molecule has 1 aromatic heterocycles. The second kappa shape index (κ2) is 5.71. The van der Waals surface area contributed by atoms with E-state index >= 15 is 0 Å². The highest BCUT2D eigenvalue weighted by molar-refractivity contribution is 7.93. The van der Waals surface area contributed by atoms with Crippen LogP contribution >= 0.6 is 0 Å². The van der Waals surface area contributed by atoms with E-state index < -0.39 is 10.0 Å². The van der Waals surface area contributed by atoms with E-state index in [9.17, 15) is 8.42 Å². The highest BCUT2D eigenvalue weighted by Gasteiger charge is 2.25. The minimum atomic E-state index is -3.74. The first-order valence-corrected chi connectivity index (χ1v) is 7.79. The summed E-state index contributed by atoms with van der Waals surface area (Å²) in [6.07, 6.45) is 1.48. The van der Waals surface area contributed by atoms with E-state index in [1.165, 1.54) is 23.6 Å². The minimum Gasteiger partial charge on any atom is -0.307 e. The molecule has 0 aliphatic rings. The minimum absolute atomic E-state index is 0.0363. The molecule has 1 heterocycles. The van der Waals surface area contributed by atoms with Crippen LogP contribution in [0.1, 0.15) is 11.1 Å². The van der Waals surface area contributed by atoms with Gasteiger partial charge in [-0.1, -0.05) is 6.07 Å². The van der Waals surface area contributed by atoms with Crippen LogP contribution < -0.4 is 15.6 Å². The number of aromatic nitrogens is 1. The molecule has 1 aromatic carbocycles. The fourth-order valence-corrected chi connectivity index (χ4v) is 3.41. The van der Waals surface area contributed by atoms with Crippen molar-refractivity contribution in [3.8, 4) is 0 Å². The fourth-order valence-electron chi connectivity index (χ4n) is 2.13. The molecule has 0 aliphatic carbocycles. The second-order valence-corrected chi connectivity index (χ2v) is 6.75. The Kier molecular flexibility index (Phi) is 4.15. The van der Waals surface area contributed by atoms with E-state index in [4.69, 9.17) is 5.84 Å². The normalized spacial score (nSPS) is 11.2. The van der Waals surface area contributed by atoms with Gasteiger partial charge in [-0.2, -0.15) is 0 Å². The van der Waals surface area contributed by atoms with Gasteiger partial charge in [0.25, 0.3) is 10.0 Å². The molecule has 2 aromatic rings. The van der Waals surface area contributed by atoms with Gasteiger partial charge in [0.15, 0.2) is 5.82 Å². The summed E-state index contributed by atoms with van der Waals surface area (Å²) in [5, 5.41) is 0. The second-order valence-electron chi connectivity index (χ2n) is 4.81. The Balaban J connectivity index is 2.52. The molecule has 0 amide bonds. The largest absolute Gasteiger partial charge is 0.307 e. The SMILES string of the molecule is Cc1cc(C)cc(N(C)S(=O)(=O)c2cccnc2NN)c1. The van der Waals surface area contributed by atoms with Crippen LogP contribution in [-0.4, -0.2) is 20.4 Å². The van der Waals surface area contributed by atoms with Gasteiger partial charge in [-0.15, -0.1) is 0 Å². The first kappa shape index (κ1) is 15.3. The van der Waals surface area contributed by atoms with Crippen LogP contribution in [0.2, 0.25) is 0 Å². The number of hydrogen-bond donors (Lipinski definition) is 2. The zero-order valence-corrected chi connectivity index (χ0v) is 13.0. The topological polar surface area (TPSA) is 88.3 Å².